The molecular weight excluding hydrogens is 240 g/mol. The number of carboxylic acids is 1. The van der Waals surface area contributed by atoms with Crippen LogP contribution in [-0.2, 0) is 10.2 Å². The van der Waals surface area contributed by atoms with Crippen LogP contribution in [0.1, 0.15) is 58.6 Å². The van der Waals surface area contributed by atoms with Gasteiger partial charge in [0.25, 0.3) is 0 Å². The molecule has 1 unspecified atom stereocenters. The van der Waals surface area contributed by atoms with E-state index in [0.29, 0.717) is 0 Å². The fourth-order valence-corrected chi connectivity index (χ4v) is 2.42. The van der Waals surface area contributed by atoms with Crippen molar-refractivity contribution < 1.29 is 15.0 Å². The van der Waals surface area contributed by atoms with Crippen LogP contribution in [-0.4, -0.2) is 16.2 Å². The SMILES string of the molecule is CC(C)(C)c1cc(O)ccc1C(C(=O)O)C(C)(C)C. The van der Waals surface area contributed by atoms with Crippen LogP contribution >= 0.6 is 0 Å². The molecule has 106 valence electrons. The van der Waals surface area contributed by atoms with Gasteiger partial charge >= 0.3 is 5.97 Å². The van der Waals surface area contributed by atoms with Gasteiger partial charge in [0.15, 0.2) is 0 Å². The van der Waals surface area contributed by atoms with E-state index in [4.69, 9.17) is 0 Å². The van der Waals surface area contributed by atoms with Crippen LogP contribution in [0.5, 0.6) is 5.75 Å². The lowest BCUT2D eigenvalue weighted by molar-refractivity contribution is -0.141. The zero-order valence-corrected chi connectivity index (χ0v) is 12.6. The molecule has 0 aliphatic heterocycles. The van der Waals surface area contributed by atoms with E-state index in [1.165, 1.54) is 0 Å². The minimum atomic E-state index is -0.830. The summed E-state index contributed by atoms with van der Waals surface area (Å²) < 4.78 is 0. The molecule has 0 amide bonds. The van der Waals surface area contributed by atoms with E-state index in [1.807, 2.05) is 41.5 Å². The lowest BCUT2D eigenvalue weighted by Gasteiger charge is -2.32. The second-order valence-electron chi connectivity index (χ2n) is 7.16. The number of phenols is 1. The third-order valence-corrected chi connectivity index (χ3v) is 3.27. The van der Waals surface area contributed by atoms with E-state index in [0.717, 1.165) is 11.1 Å². The number of rotatable bonds is 2. The van der Waals surface area contributed by atoms with Gasteiger partial charge in [-0.25, -0.2) is 0 Å². The molecule has 2 N–H and O–H groups in total. The summed E-state index contributed by atoms with van der Waals surface area (Å²) in [6, 6.07) is 4.98. The van der Waals surface area contributed by atoms with Crippen LogP contribution < -0.4 is 0 Å². The monoisotopic (exact) mass is 264 g/mol. The number of aliphatic carboxylic acids is 1. The molecule has 0 saturated heterocycles. The molecule has 3 heteroatoms. The maximum atomic E-state index is 11.6. The normalized spacial score (nSPS) is 14.2. The first-order valence-corrected chi connectivity index (χ1v) is 6.51. The van der Waals surface area contributed by atoms with Crippen molar-refractivity contribution >= 4 is 5.97 Å². The van der Waals surface area contributed by atoms with Crippen molar-refractivity contribution in [3.8, 4) is 5.75 Å². The minimum Gasteiger partial charge on any atom is -0.508 e. The van der Waals surface area contributed by atoms with Gasteiger partial charge in [0.2, 0.25) is 0 Å². The predicted octanol–water partition coefficient (Wildman–Crippen LogP) is 3.90. The van der Waals surface area contributed by atoms with Crippen molar-refractivity contribution in [3.63, 3.8) is 0 Å². The summed E-state index contributed by atoms with van der Waals surface area (Å²) in [7, 11) is 0. The van der Waals surface area contributed by atoms with Crippen LogP contribution in [0.3, 0.4) is 0 Å². The highest BCUT2D eigenvalue weighted by molar-refractivity contribution is 5.78. The Hall–Kier alpha value is -1.51. The minimum absolute atomic E-state index is 0.173. The average molecular weight is 264 g/mol. The van der Waals surface area contributed by atoms with Crippen molar-refractivity contribution in [2.45, 2.75) is 52.9 Å². The Bertz CT molecular complexity index is 476. The smallest absolute Gasteiger partial charge is 0.311 e. The summed E-state index contributed by atoms with van der Waals surface area (Å²) in [5.74, 6) is -1.25. The highest BCUT2D eigenvalue weighted by Crippen LogP contribution is 2.41. The Labute approximate surface area is 115 Å². The van der Waals surface area contributed by atoms with E-state index in [9.17, 15) is 15.0 Å². The molecule has 0 heterocycles. The molecule has 0 bridgehead atoms. The maximum absolute atomic E-state index is 11.6. The molecule has 0 fully saturated rings. The number of phenolic OH excluding ortho intramolecular Hbond substituents is 1. The Balaban J connectivity index is 3.52. The number of carboxylic acid groups (broad SMARTS) is 1. The standard InChI is InChI=1S/C16H24O3/c1-15(2,3)12-9-10(17)7-8-11(12)13(14(18)19)16(4,5)6/h7-9,13,17H,1-6H3,(H,18,19). The van der Waals surface area contributed by atoms with Gasteiger partial charge < -0.3 is 10.2 Å². The first kappa shape index (κ1) is 15.5. The first-order valence-electron chi connectivity index (χ1n) is 6.51. The molecule has 0 aliphatic carbocycles. The van der Waals surface area contributed by atoms with E-state index in [2.05, 4.69) is 0 Å². The molecule has 1 atom stereocenters. The number of benzene rings is 1. The summed E-state index contributed by atoms with van der Waals surface area (Å²) in [5, 5.41) is 19.2. The largest absolute Gasteiger partial charge is 0.508 e. The van der Waals surface area contributed by atoms with E-state index >= 15 is 0 Å². The highest BCUT2D eigenvalue weighted by atomic mass is 16.4. The van der Waals surface area contributed by atoms with E-state index in [-0.39, 0.29) is 16.6 Å². The van der Waals surface area contributed by atoms with Gasteiger partial charge in [-0.2, -0.15) is 0 Å². The van der Waals surface area contributed by atoms with Gasteiger partial charge in [-0.15, -0.1) is 0 Å². The van der Waals surface area contributed by atoms with Crippen LogP contribution in [0.15, 0.2) is 18.2 Å². The molecule has 0 saturated carbocycles. The summed E-state index contributed by atoms with van der Waals surface area (Å²) in [6.07, 6.45) is 0. The fraction of sp³-hybridized carbons (Fsp3) is 0.562. The summed E-state index contributed by atoms with van der Waals surface area (Å²) >= 11 is 0. The quantitative estimate of drug-likeness (QED) is 0.851. The molecule has 1 aromatic rings. The molecular formula is C16H24O3. The lowest BCUT2D eigenvalue weighted by Crippen LogP contribution is -2.29. The Morgan fingerprint density at radius 3 is 2.00 bits per heavy atom. The molecule has 1 rings (SSSR count). The number of hydrogen-bond donors (Lipinski definition) is 2. The molecule has 19 heavy (non-hydrogen) atoms. The predicted molar refractivity (Wildman–Crippen MR) is 76.6 cm³/mol. The lowest BCUT2D eigenvalue weighted by atomic mass is 9.71. The molecule has 1 aromatic carbocycles. The Kier molecular flexibility index (Phi) is 3.99. The zero-order chi connectivity index (χ0) is 15.0. The molecule has 3 nitrogen and oxygen atoms in total. The second kappa shape index (κ2) is 4.87. The van der Waals surface area contributed by atoms with Crippen molar-refractivity contribution in [1.29, 1.82) is 0 Å². The van der Waals surface area contributed by atoms with Crippen molar-refractivity contribution in [2.75, 3.05) is 0 Å². The average Bonchev–Trinajstić information content (AvgIpc) is 2.16. The van der Waals surface area contributed by atoms with Crippen LogP contribution in [0.25, 0.3) is 0 Å². The van der Waals surface area contributed by atoms with Crippen molar-refractivity contribution in [1.82, 2.24) is 0 Å². The number of aromatic hydroxyl groups is 1. The van der Waals surface area contributed by atoms with Gasteiger partial charge in [0, 0.05) is 0 Å². The van der Waals surface area contributed by atoms with Gasteiger partial charge in [0.05, 0.1) is 5.92 Å². The summed E-state index contributed by atoms with van der Waals surface area (Å²) in [4.78, 5) is 11.6. The third-order valence-electron chi connectivity index (χ3n) is 3.27. The Morgan fingerprint density at radius 1 is 1.11 bits per heavy atom. The van der Waals surface area contributed by atoms with Gasteiger partial charge in [-0.05, 0) is 34.1 Å². The molecule has 0 radical (unpaired) electrons. The highest BCUT2D eigenvalue weighted by Gasteiger charge is 2.36. The second-order valence-corrected chi connectivity index (χ2v) is 7.16. The van der Waals surface area contributed by atoms with Crippen molar-refractivity contribution in [3.05, 3.63) is 29.3 Å². The van der Waals surface area contributed by atoms with Crippen LogP contribution in [0, 0.1) is 5.41 Å². The fourth-order valence-electron chi connectivity index (χ4n) is 2.42. The van der Waals surface area contributed by atoms with Gasteiger partial charge in [-0.1, -0.05) is 47.6 Å². The molecule has 0 aliphatic rings. The van der Waals surface area contributed by atoms with Crippen LogP contribution in [0.4, 0.5) is 0 Å². The topological polar surface area (TPSA) is 57.5 Å². The zero-order valence-electron chi connectivity index (χ0n) is 12.6. The number of hydrogen-bond acceptors (Lipinski definition) is 2. The van der Waals surface area contributed by atoms with Gasteiger partial charge in [0.1, 0.15) is 5.75 Å². The number of carbonyl (C=O) groups is 1. The molecule has 0 aromatic heterocycles. The maximum Gasteiger partial charge on any atom is 0.311 e. The summed E-state index contributed by atoms with van der Waals surface area (Å²) in [5.41, 5.74) is 1.07. The summed E-state index contributed by atoms with van der Waals surface area (Å²) in [6.45, 7) is 11.8. The third kappa shape index (κ3) is 3.49. The van der Waals surface area contributed by atoms with Gasteiger partial charge in [-0.3, -0.25) is 4.79 Å². The van der Waals surface area contributed by atoms with Crippen LogP contribution in [0.2, 0.25) is 0 Å². The van der Waals surface area contributed by atoms with Crippen molar-refractivity contribution in [2.24, 2.45) is 5.41 Å². The molecule has 0 spiro atoms. The van der Waals surface area contributed by atoms with E-state index < -0.39 is 11.9 Å². The Morgan fingerprint density at radius 2 is 1.63 bits per heavy atom. The van der Waals surface area contributed by atoms with E-state index in [1.54, 1.807) is 18.2 Å². The first-order chi connectivity index (χ1) is 8.44.